The van der Waals surface area contributed by atoms with Crippen molar-refractivity contribution in [3.63, 3.8) is 0 Å². The Hall–Kier alpha value is -2.04. The molecule has 0 rings (SSSR count). The molecular formula is C14H18F4N2O2. The second-order valence-electron chi connectivity index (χ2n) is 5.67. The molecule has 0 heterocycles. The smallest absolute Gasteiger partial charge is 0.323 e. The van der Waals surface area contributed by atoms with Crippen molar-refractivity contribution in [3.8, 4) is 12.3 Å². The van der Waals surface area contributed by atoms with Crippen LogP contribution in [0.5, 0.6) is 0 Å². The molecule has 0 radical (unpaired) electrons. The highest BCUT2D eigenvalue weighted by atomic mass is 19.4. The lowest BCUT2D eigenvalue weighted by Crippen LogP contribution is -2.53. The summed E-state index contributed by atoms with van der Waals surface area (Å²) in [5.41, 5.74) is -3.39. The highest BCUT2D eigenvalue weighted by Gasteiger charge is 2.38. The van der Waals surface area contributed by atoms with Gasteiger partial charge in [0.2, 0.25) is 0 Å². The van der Waals surface area contributed by atoms with Crippen LogP contribution in [-0.4, -0.2) is 39.8 Å². The van der Waals surface area contributed by atoms with Gasteiger partial charge < -0.3 is 4.90 Å². The van der Waals surface area contributed by atoms with E-state index in [1.165, 1.54) is 13.8 Å². The van der Waals surface area contributed by atoms with Crippen molar-refractivity contribution in [1.82, 2.24) is 10.2 Å². The summed E-state index contributed by atoms with van der Waals surface area (Å²) >= 11 is 0. The van der Waals surface area contributed by atoms with Gasteiger partial charge in [0.15, 0.2) is 11.5 Å². The van der Waals surface area contributed by atoms with E-state index < -0.39 is 34.2 Å². The molecule has 0 aliphatic carbocycles. The molecule has 0 spiro atoms. The molecule has 0 bridgehead atoms. The number of carbonyl (C=O) groups is 2. The summed E-state index contributed by atoms with van der Waals surface area (Å²) in [6.45, 7) is 4.73. The molecule has 0 aliphatic rings. The second-order valence-corrected chi connectivity index (χ2v) is 5.67. The highest BCUT2D eigenvalue weighted by molar-refractivity contribution is 5.89. The van der Waals surface area contributed by atoms with Crippen LogP contribution >= 0.6 is 0 Å². The Morgan fingerprint density at radius 1 is 1.23 bits per heavy atom. The van der Waals surface area contributed by atoms with Gasteiger partial charge in [-0.1, -0.05) is 14.9 Å². The van der Waals surface area contributed by atoms with E-state index in [9.17, 15) is 27.3 Å². The monoisotopic (exact) mass is 322 g/mol. The average molecular weight is 322 g/mol. The van der Waals surface area contributed by atoms with Crippen LogP contribution in [0.4, 0.5) is 17.7 Å². The molecule has 0 saturated heterocycles. The zero-order valence-electron chi connectivity index (χ0n) is 12.8. The van der Waals surface area contributed by atoms with Crippen molar-refractivity contribution < 1.29 is 27.3 Å². The van der Waals surface area contributed by atoms with Gasteiger partial charge >= 0.3 is 5.91 Å². The molecule has 2 amide bonds. The molecule has 124 valence electrons. The molecule has 0 fully saturated rings. The van der Waals surface area contributed by atoms with Gasteiger partial charge in [-0.05, 0) is 40.2 Å². The highest BCUT2D eigenvalue weighted by Crippen LogP contribution is 2.25. The van der Waals surface area contributed by atoms with Crippen molar-refractivity contribution >= 4 is 11.8 Å². The molecule has 0 aromatic rings. The fraction of sp³-hybridized carbons (Fsp3) is 0.571. The van der Waals surface area contributed by atoms with Crippen LogP contribution < -0.4 is 0 Å². The van der Waals surface area contributed by atoms with Gasteiger partial charge in [-0.15, -0.1) is 6.42 Å². The van der Waals surface area contributed by atoms with E-state index in [-0.39, 0.29) is 13.0 Å². The first-order chi connectivity index (χ1) is 9.84. The number of terminal acetylenes is 1. The Bertz CT molecular complexity index is 502. The Kier molecular flexibility index (Phi) is 6.62. The van der Waals surface area contributed by atoms with E-state index >= 15 is 0 Å². The molecule has 4 nitrogen and oxygen atoms in total. The predicted octanol–water partition coefficient (Wildman–Crippen LogP) is 2.82. The van der Waals surface area contributed by atoms with Crippen molar-refractivity contribution in [2.24, 2.45) is 0 Å². The maximum atomic E-state index is 13.8. The summed E-state index contributed by atoms with van der Waals surface area (Å²) in [5.74, 6) is -2.51. The number of hydrogen-bond donors (Lipinski definition) is 0. The lowest BCUT2D eigenvalue weighted by Gasteiger charge is -2.39. The summed E-state index contributed by atoms with van der Waals surface area (Å²) in [5, 5.41) is -1.89. The molecule has 0 unspecified atom stereocenters. The number of carbonyl (C=O) groups excluding carboxylic acids is 2. The van der Waals surface area contributed by atoms with Gasteiger partial charge in [-0.2, -0.15) is 0 Å². The summed E-state index contributed by atoms with van der Waals surface area (Å²) in [4.78, 5) is 23.7. The standard InChI is InChI=1S/C14H18F4N2O2/c1-6-9-19(12(22)14(4,5)16)13(2,3)8-7-10(15)11(21)20(17)18/h1,7H,8-9H2,2-5H3/b10-7-. The second kappa shape index (κ2) is 7.29. The fourth-order valence-corrected chi connectivity index (χ4v) is 1.59. The zero-order chi connectivity index (χ0) is 17.7. The molecule has 0 aromatic heterocycles. The minimum atomic E-state index is -2.21. The Balaban J connectivity index is 5.32. The molecule has 22 heavy (non-hydrogen) atoms. The van der Waals surface area contributed by atoms with Gasteiger partial charge in [0.25, 0.3) is 5.91 Å². The third-order valence-corrected chi connectivity index (χ3v) is 2.87. The van der Waals surface area contributed by atoms with Gasteiger partial charge in [0, 0.05) is 10.9 Å². The number of halogens is 4. The number of amides is 2. The van der Waals surface area contributed by atoms with E-state index in [4.69, 9.17) is 6.42 Å². The minimum Gasteiger partial charge on any atom is -0.323 e. The first kappa shape index (κ1) is 20.0. The van der Waals surface area contributed by atoms with Crippen molar-refractivity contribution in [1.29, 1.82) is 0 Å². The summed E-state index contributed by atoms with van der Waals surface area (Å²) in [6.07, 6.45) is 5.44. The van der Waals surface area contributed by atoms with Crippen LogP contribution in [0.25, 0.3) is 0 Å². The van der Waals surface area contributed by atoms with E-state index in [0.29, 0.717) is 6.08 Å². The molecule has 8 heteroatoms. The average Bonchev–Trinajstić information content (AvgIpc) is 2.39. The number of alkyl halides is 1. The van der Waals surface area contributed by atoms with Gasteiger partial charge in [0.05, 0.1) is 6.54 Å². The SMILES string of the molecule is C#CCN(C(=O)C(C)(C)F)C(C)(C)C/C=C(\F)C(=O)N(F)F. The molecule has 0 N–H and O–H groups in total. The van der Waals surface area contributed by atoms with E-state index in [2.05, 4.69) is 5.92 Å². The maximum absolute atomic E-state index is 13.8. The third kappa shape index (κ3) is 5.39. The Morgan fingerprint density at radius 2 is 1.73 bits per heavy atom. The summed E-state index contributed by atoms with van der Waals surface area (Å²) in [7, 11) is 0. The molecule has 0 aliphatic heterocycles. The van der Waals surface area contributed by atoms with Crippen LogP contribution in [0.15, 0.2) is 11.9 Å². The van der Waals surface area contributed by atoms with Crippen LogP contribution in [0.1, 0.15) is 34.1 Å². The summed E-state index contributed by atoms with van der Waals surface area (Å²) < 4.78 is 50.9. The largest absolute Gasteiger partial charge is 0.342 e. The fourth-order valence-electron chi connectivity index (χ4n) is 1.59. The van der Waals surface area contributed by atoms with Gasteiger partial charge in [-0.3, -0.25) is 9.59 Å². The first-order valence-corrected chi connectivity index (χ1v) is 6.30. The van der Waals surface area contributed by atoms with E-state index in [0.717, 1.165) is 18.7 Å². The van der Waals surface area contributed by atoms with Crippen molar-refractivity contribution in [3.05, 3.63) is 11.9 Å². The Morgan fingerprint density at radius 3 is 2.09 bits per heavy atom. The van der Waals surface area contributed by atoms with Gasteiger partial charge in [-0.25, -0.2) is 8.78 Å². The number of rotatable bonds is 6. The van der Waals surface area contributed by atoms with Crippen molar-refractivity contribution in [2.75, 3.05) is 6.54 Å². The molecular weight excluding hydrogens is 304 g/mol. The molecule has 0 aromatic carbocycles. The predicted molar refractivity (Wildman–Crippen MR) is 72.7 cm³/mol. The van der Waals surface area contributed by atoms with Crippen LogP contribution in [0.2, 0.25) is 0 Å². The topological polar surface area (TPSA) is 40.6 Å². The van der Waals surface area contributed by atoms with Crippen molar-refractivity contribution in [2.45, 2.75) is 45.3 Å². The Labute approximate surface area is 126 Å². The van der Waals surface area contributed by atoms with E-state index in [1.54, 1.807) is 0 Å². The molecule has 0 atom stereocenters. The van der Waals surface area contributed by atoms with Crippen LogP contribution in [-0.2, 0) is 9.59 Å². The quantitative estimate of drug-likeness (QED) is 0.326. The van der Waals surface area contributed by atoms with Gasteiger partial charge in [0.1, 0.15) is 0 Å². The summed E-state index contributed by atoms with van der Waals surface area (Å²) in [6, 6.07) is 0. The number of nitrogens with zero attached hydrogens (tertiary/aromatic N) is 2. The minimum absolute atomic E-state index is 0.249. The van der Waals surface area contributed by atoms with E-state index in [1.807, 2.05) is 0 Å². The lowest BCUT2D eigenvalue weighted by molar-refractivity contribution is -0.184. The first-order valence-electron chi connectivity index (χ1n) is 6.30. The third-order valence-electron chi connectivity index (χ3n) is 2.87. The zero-order valence-corrected chi connectivity index (χ0v) is 12.8. The van der Waals surface area contributed by atoms with Crippen LogP contribution in [0.3, 0.4) is 0 Å². The maximum Gasteiger partial charge on any atom is 0.342 e. The van der Waals surface area contributed by atoms with Crippen LogP contribution in [0, 0.1) is 12.3 Å². The number of hydrogen-bond acceptors (Lipinski definition) is 2. The lowest BCUT2D eigenvalue weighted by atomic mass is 9.95. The molecule has 0 saturated carbocycles. The normalized spacial score (nSPS) is 12.6.